The van der Waals surface area contributed by atoms with Crippen molar-refractivity contribution in [3.8, 4) is 0 Å². The molecule has 0 bridgehead atoms. The molecule has 0 saturated carbocycles. The molecule has 0 amide bonds. The minimum absolute atomic E-state index is 0.692. The quantitative estimate of drug-likeness (QED) is 0.628. The highest BCUT2D eigenvalue weighted by Crippen LogP contribution is 2.07. The molecular weight excluding hydrogens is 216 g/mol. The first kappa shape index (κ1) is 14.3. The van der Waals surface area contributed by atoms with Gasteiger partial charge in [0.1, 0.15) is 0 Å². The second-order valence-electron chi connectivity index (χ2n) is 4.74. The minimum Gasteiger partial charge on any atom is -0.314 e. The fraction of sp³-hybridized carbons (Fsp3) is 1.00. The molecule has 1 N–H and O–H groups in total. The van der Waals surface area contributed by atoms with E-state index in [-0.39, 0.29) is 0 Å². The van der Waals surface area contributed by atoms with Crippen molar-refractivity contribution in [2.75, 3.05) is 37.7 Å². The standard InChI is InChI=1S/C13H28N2S/c1-3-16-12-7-13(2)14-8-6-11-15-9-4-5-10-15/h13-14H,3-12H2,1-2H3. The van der Waals surface area contributed by atoms with Crippen LogP contribution in [0, 0.1) is 0 Å². The minimum atomic E-state index is 0.692. The summed E-state index contributed by atoms with van der Waals surface area (Å²) in [6.45, 7) is 9.70. The van der Waals surface area contributed by atoms with Gasteiger partial charge in [-0.1, -0.05) is 6.92 Å². The van der Waals surface area contributed by atoms with E-state index >= 15 is 0 Å². The molecule has 0 aromatic rings. The SMILES string of the molecule is CCSCCC(C)NCCCN1CCCC1. The van der Waals surface area contributed by atoms with Gasteiger partial charge in [-0.15, -0.1) is 0 Å². The normalized spacial score (nSPS) is 19.1. The molecule has 1 saturated heterocycles. The number of thioether (sulfide) groups is 1. The van der Waals surface area contributed by atoms with Crippen LogP contribution in [0.15, 0.2) is 0 Å². The van der Waals surface area contributed by atoms with Crippen molar-refractivity contribution in [3.05, 3.63) is 0 Å². The molecule has 3 heteroatoms. The van der Waals surface area contributed by atoms with Gasteiger partial charge in [-0.2, -0.15) is 11.8 Å². The van der Waals surface area contributed by atoms with E-state index in [0.29, 0.717) is 6.04 Å². The highest BCUT2D eigenvalue weighted by molar-refractivity contribution is 7.99. The molecule has 0 aromatic heterocycles. The van der Waals surface area contributed by atoms with Crippen LogP contribution in [0.5, 0.6) is 0 Å². The Morgan fingerprint density at radius 3 is 2.75 bits per heavy atom. The maximum atomic E-state index is 3.63. The van der Waals surface area contributed by atoms with Crippen molar-refractivity contribution >= 4 is 11.8 Å². The van der Waals surface area contributed by atoms with Crippen LogP contribution in [0.1, 0.15) is 39.5 Å². The molecule has 1 unspecified atom stereocenters. The highest BCUT2D eigenvalue weighted by Gasteiger charge is 2.10. The van der Waals surface area contributed by atoms with E-state index < -0.39 is 0 Å². The fourth-order valence-corrected chi connectivity index (χ4v) is 2.97. The lowest BCUT2D eigenvalue weighted by molar-refractivity contribution is 0.328. The average molecular weight is 244 g/mol. The predicted octanol–water partition coefficient (Wildman–Crippen LogP) is 2.59. The maximum Gasteiger partial charge on any atom is 0.00465 e. The summed E-state index contributed by atoms with van der Waals surface area (Å²) < 4.78 is 0. The summed E-state index contributed by atoms with van der Waals surface area (Å²) in [6.07, 6.45) is 5.45. The Hall–Kier alpha value is 0.270. The van der Waals surface area contributed by atoms with Gasteiger partial charge in [-0.3, -0.25) is 0 Å². The van der Waals surface area contributed by atoms with Crippen LogP contribution >= 0.6 is 11.8 Å². The van der Waals surface area contributed by atoms with Crippen LogP contribution in [-0.2, 0) is 0 Å². The Balaban J connectivity index is 1.85. The lowest BCUT2D eigenvalue weighted by Crippen LogP contribution is -2.30. The zero-order chi connectivity index (χ0) is 11.6. The Bertz CT molecular complexity index is 158. The summed E-state index contributed by atoms with van der Waals surface area (Å²) in [7, 11) is 0. The Labute approximate surface area is 106 Å². The smallest absolute Gasteiger partial charge is 0.00465 e. The Morgan fingerprint density at radius 2 is 2.06 bits per heavy atom. The molecule has 0 aliphatic carbocycles. The van der Waals surface area contributed by atoms with E-state index in [1.807, 2.05) is 11.8 Å². The number of hydrogen-bond acceptors (Lipinski definition) is 3. The van der Waals surface area contributed by atoms with E-state index in [1.165, 1.54) is 63.4 Å². The first-order chi connectivity index (χ1) is 7.83. The number of rotatable bonds is 9. The second-order valence-corrected chi connectivity index (χ2v) is 6.14. The van der Waals surface area contributed by atoms with Crippen molar-refractivity contribution in [2.24, 2.45) is 0 Å². The summed E-state index contributed by atoms with van der Waals surface area (Å²) in [4.78, 5) is 2.60. The van der Waals surface area contributed by atoms with E-state index in [9.17, 15) is 0 Å². The third-order valence-corrected chi connectivity index (χ3v) is 4.17. The number of hydrogen-bond donors (Lipinski definition) is 1. The first-order valence-electron chi connectivity index (χ1n) is 6.86. The molecule has 16 heavy (non-hydrogen) atoms. The molecule has 0 spiro atoms. The lowest BCUT2D eigenvalue weighted by atomic mass is 10.2. The summed E-state index contributed by atoms with van der Waals surface area (Å²) in [5.41, 5.74) is 0. The van der Waals surface area contributed by atoms with Gasteiger partial charge in [-0.05, 0) is 70.3 Å². The van der Waals surface area contributed by atoms with E-state index in [4.69, 9.17) is 0 Å². The van der Waals surface area contributed by atoms with Crippen LogP contribution in [0.25, 0.3) is 0 Å². The predicted molar refractivity (Wildman–Crippen MR) is 75.4 cm³/mol. The van der Waals surface area contributed by atoms with Gasteiger partial charge in [-0.25, -0.2) is 0 Å². The molecule has 1 atom stereocenters. The third kappa shape index (κ3) is 6.77. The lowest BCUT2D eigenvalue weighted by Gasteiger charge is -2.16. The molecule has 96 valence electrons. The molecule has 1 aliphatic rings. The topological polar surface area (TPSA) is 15.3 Å². The third-order valence-electron chi connectivity index (χ3n) is 3.24. The van der Waals surface area contributed by atoms with Crippen molar-refractivity contribution < 1.29 is 0 Å². The summed E-state index contributed by atoms with van der Waals surface area (Å²) in [6, 6.07) is 0.692. The van der Waals surface area contributed by atoms with Crippen molar-refractivity contribution in [1.82, 2.24) is 10.2 Å². The highest BCUT2D eigenvalue weighted by atomic mass is 32.2. The monoisotopic (exact) mass is 244 g/mol. The Kier molecular flexibility index (Phi) is 8.34. The van der Waals surface area contributed by atoms with Crippen LogP contribution < -0.4 is 5.32 Å². The molecule has 0 aromatic carbocycles. The summed E-state index contributed by atoms with van der Waals surface area (Å²) in [5.74, 6) is 2.55. The zero-order valence-electron chi connectivity index (χ0n) is 11.0. The van der Waals surface area contributed by atoms with Crippen molar-refractivity contribution in [2.45, 2.75) is 45.6 Å². The number of likely N-dealkylation sites (tertiary alicyclic amines) is 1. The number of nitrogens with one attached hydrogen (secondary N) is 1. The van der Waals surface area contributed by atoms with E-state index in [2.05, 4.69) is 24.1 Å². The van der Waals surface area contributed by atoms with Crippen LogP contribution in [0.4, 0.5) is 0 Å². The van der Waals surface area contributed by atoms with Crippen LogP contribution in [0.3, 0.4) is 0 Å². The van der Waals surface area contributed by atoms with Crippen LogP contribution in [0.2, 0.25) is 0 Å². The Morgan fingerprint density at radius 1 is 1.31 bits per heavy atom. The molecule has 1 heterocycles. The fourth-order valence-electron chi connectivity index (χ4n) is 2.16. The zero-order valence-corrected chi connectivity index (χ0v) is 11.8. The molecule has 2 nitrogen and oxygen atoms in total. The molecule has 1 fully saturated rings. The van der Waals surface area contributed by atoms with Gasteiger partial charge in [0.15, 0.2) is 0 Å². The van der Waals surface area contributed by atoms with Crippen LogP contribution in [-0.4, -0.2) is 48.6 Å². The van der Waals surface area contributed by atoms with Gasteiger partial charge in [0.25, 0.3) is 0 Å². The van der Waals surface area contributed by atoms with Gasteiger partial charge in [0.2, 0.25) is 0 Å². The van der Waals surface area contributed by atoms with Crippen molar-refractivity contribution in [1.29, 1.82) is 0 Å². The largest absolute Gasteiger partial charge is 0.314 e. The first-order valence-corrected chi connectivity index (χ1v) is 8.02. The van der Waals surface area contributed by atoms with Crippen molar-refractivity contribution in [3.63, 3.8) is 0 Å². The summed E-state index contributed by atoms with van der Waals surface area (Å²) in [5, 5.41) is 3.63. The molecule has 1 aliphatic heterocycles. The van der Waals surface area contributed by atoms with E-state index in [1.54, 1.807) is 0 Å². The number of nitrogens with zero attached hydrogens (tertiary/aromatic N) is 1. The van der Waals surface area contributed by atoms with Gasteiger partial charge < -0.3 is 10.2 Å². The van der Waals surface area contributed by atoms with Gasteiger partial charge in [0.05, 0.1) is 0 Å². The molecule has 1 rings (SSSR count). The molecule has 0 radical (unpaired) electrons. The molecular formula is C13H28N2S. The maximum absolute atomic E-state index is 3.63. The van der Waals surface area contributed by atoms with Gasteiger partial charge >= 0.3 is 0 Å². The average Bonchev–Trinajstić information content (AvgIpc) is 2.78. The van der Waals surface area contributed by atoms with E-state index in [0.717, 1.165) is 0 Å². The summed E-state index contributed by atoms with van der Waals surface area (Å²) >= 11 is 2.05. The second kappa shape index (κ2) is 9.32. The van der Waals surface area contributed by atoms with Gasteiger partial charge in [0, 0.05) is 6.04 Å².